The van der Waals surface area contributed by atoms with Crippen LogP contribution in [-0.4, -0.2) is 13.3 Å². The number of nitrogens with one attached hydrogen (secondary N) is 1. The molecule has 1 atom stereocenters. The van der Waals surface area contributed by atoms with Crippen molar-refractivity contribution in [2.75, 3.05) is 13.3 Å². The molecule has 0 amide bonds. The summed E-state index contributed by atoms with van der Waals surface area (Å²) < 4.78 is 0. The number of hydrogen-bond acceptors (Lipinski definition) is 2. The summed E-state index contributed by atoms with van der Waals surface area (Å²) >= 11 is 1.77. The van der Waals surface area contributed by atoms with Crippen LogP contribution in [0.1, 0.15) is 17.2 Å². The van der Waals surface area contributed by atoms with E-state index < -0.39 is 0 Å². The molecule has 0 saturated heterocycles. The van der Waals surface area contributed by atoms with Crippen LogP contribution in [0.5, 0.6) is 0 Å². The van der Waals surface area contributed by atoms with Crippen molar-refractivity contribution >= 4 is 22.5 Å². The van der Waals surface area contributed by atoms with E-state index in [1.54, 1.807) is 11.8 Å². The van der Waals surface area contributed by atoms with E-state index in [9.17, 15) is 0 Å². The molecule has 106 valence electrons. The molecular formula is C19H19NS. The van der Waals surface area contributed by atoms with Crippen molar-refractivity contribution in [1.29, 1.82) is 0 Å². The molecule has 3 rings (SSSR count). The second-order valence-corrected chi connectivity index (χ2v) is 5.94. The van der Waals surface area contributed by atoms with Crippen LogP contribution < -0.4 is 5.32 Å². The Morgan fingerprint density at radius 1 is 0.857 bits per heavy atom. The minimum absolute atomic E-state index is 0.215. The molecule has 21 heavy (non-hydrogen) atoms. The molecule has 1 nitrogen and oxygen atoms in total. The first-order valence-corrected chi connectivity index (χ1v) is 8.35. The molecular weight excluding hydrogens is 274 g/mol. The number of thioether (sulfide) groups is 1. The largest absolute Gasteiger partial charge is 0.309 e. The number of fused-ring (bicyclic) bond motifs is 1. The van der Waals surface area contributed by atoms with Crippen LogP contribution >= 0.6 is 11.8 Å². The number of hydrogen-bond donors (Lipinski definition) is 1. The Labute approximate surface area is 130 Å². The third-order valence-electron chi connectivity index (χ3n) is 3.87. The molecule has 0 heterocycles. The minimum atomic E-state index is 0.215. The van der Waals surface area contributed by atoms with Gasteiger partial charge in [0.2, 0.25) is 0 Å². The van der Waals surface area contributed by atoms with Gasteiger partial charge in [0.1, 0.15) is 0 Å². The van der Waals surface area contributed by atoms with E-state index in [1.165, 1.54) is 26.8 Å². The highest BCUT2D eigenvalue weighted by molar-refractivity contribution is 7.98. The summed E-state index contributed by atoms with van der Waals surface area (Å²) in [6.45, 7) is 0. The smallest absolute Gasteiger partial charge is 0.0580 e. The third-order valence-corrected chi connectivity index (χ3v) is 4.62. The Hall–Kier alpha value is -1.77. The highest BCUT2D eigenvalue weighted by Gasteiger charge is 2.14. The van der Waals surface area contributed by atoms with E-state index in [0.29, 0.717) is 0 Å². The zero-order valence-corrected chi connectivity index (χ0v) is 13.2. The van der Waals surface area contributed by atoms with Gasteiger partial charge in [-0.25, -0.2) is 0 Å². The first kappa shape index (κ1) is 14.2. The molecule has 0 radical (unpaired) electrons. The van der Waals surface area contributed by atoms with Crippen molar-refractivity contribution in [1.82, 2.24) is 5.32 Å². The van der Waals surface area contributed by atoms with Crippen LogP contribution in [0.4, 0.5) is 0 Å². The molecule has 0 aliphatic heterocycles. The molecule has 3 aromatic rings. The van der Waals surface area contributed by atoms with Gasteiger partial charge in [-0.1, -0.05) is 54.6 Å². The fraction of sp³-hybridized carbons (Fsp3) is 0.158. The summed E-state index contributed by atoms with van der Waals surface area (Å²) in [6.07, 6.45) is 2.11. The van der Waals surface area contributed by atoms with E-state index in [2.05, 4.69) is 78.3 Å². The average Bonchev–Trinajstić information content (AvgIpc) is 2.56. The normalized spacial score (nSPS) is 12.5. The monoisotopic (exact) mass is 293 g/mol. The van der Waals surface area contributed by atoms with Gasteiger partial charge in [0, 0.05) is 4.90 Å². The van der Waals surface area contributed by atoms with Crippen LogP contribution in [0.25, 0.3) is 10.8 Å². The first-order chi connectivity index (χ1) is 10.3. The Bertz CT molecular complexity index is 729. The number of benzene rings is 3. The van der Waals surface area contributed by atoms with Crippen LogP contribution in [-0.2, 0) is 0 Å². The van der Waals surface area contributed by atoms with Gasteiger partial charge in [-0.2, -0.15) is 0 Å². The molecule has 0 spiro atoms. The lowest BCUT2D eigenvalue weighted by atomic mass is 9.94. The topological polar surface area (TPSA) is 12.0 Å². The second kappa shape index (κ2) is 6.33. The average molecular weight is 293 g/mol. The summed E-state index contributed by atoms with van der Waals surface area (Å²) in [5, 5.41) is 6.06. The van der Waals surface area contributed by atoms with E-state index in [4.69, 9.17) is 0 Å². The highest BCUT2D eigenvalue weighted by atomic mass is 32.2. The van der Waals surface area contributed by atoms with Gasteiger partial charge in [0.05, 0.1) is 6.04 Å². The Kier molecular flexibility index (Phi) is 4.28. The van der Waals surface area contributed by atoms with E-state index in [-0.39, 0.29) is 6.04 Å². The predicted molar refractivity (Wildman–Crippen MR) is 93.1 cm³/mol. The van der Waals surface area contributed by atoms with Crippen molar-refractivity contribution in [3.63, 3.8) is 0 Å². The summed E-state index contributed by atoms with van der Waals surface area (Å²) in [7, 11) is 2.02. The molecule has 1 N–H and O–H groups in total. The molecule has 0 bridgehead atoms. The molecule has 2 heteroatoms. The van der Waals surface area contributed by atoms with Crippen molar-refractivity contribution in [3.05, 3.63) is 77.9 Å². The van der Waals surface area contributed by atoms with Gasteiger partial charge in [-0.15, -0.1) is 11.8 Å². The van der Waals surface area contributed by atoms with Gasteiger partial charge in [0.25, 0.3) is 0 Å². The molecule has 1 unspecified atom stereocenters. The zero-order chi connectivity index (χ0) is 14.7. The summed E-state index contributed by atoms with van der Waals surface area (Å²) in [6, 6.07) is 24.1. The standard InChI is InChI=1S/C19H19NS/c1-20-19(15-10-12-16(21-2)13-11-15)18-9-5-7-14-6-3-4-8-17(14)18/h3-13,19-20H,1-2H3. The fourth-order valence-corrected chi connectivity index (χ4v) is 3.21. The van der Waals surface area contributed by atoms with Crippen molar-refractivity contribution in [2.24, 2.45) is 0 Å². The van der Waals surface area contributed by atoms with Crippen molar-refractivity contribution < 1.29 is 0 Å². The molecule has 0 aromatic heterocycles. The van der Waals surface area contributed by atoms with Gasteiger partial charge in [-0.05, 0) is 47.3 Å². The van der Waals surface area contributed by atoms with Crippen molar-refractivity contribution in [3.8, 4) is 0 Å². The summed E-state index contributed by atoms with van der Waals surface area (Å²) in [5.41, 5.74) is 2.62. The zero-order valence-electron chi connectivity index (χ0n) is 12.3. The van der Waals surface area contributed by atoms with Gasteiger partial charge in [0.15, 0.2) is 0 Å². The van der Waals surface area contributed by atoms with Crippen LogP contribution in [0, 0.1) is 0 Å². The van der Waals surface area contributed by atoms with Gasteiger partial charge < -0.3 is 5.32 Å². The van der Waals surface area contributed by atoms with E-state index in [1.807, 2.05) is 7.05 Å². The Morgan fingerprint density at radius 3 is 2.29 bits per heavy atom. The van der Waals surface area contributed by atoms with Crippen LogP contribution in [0.2, 0.25) is 0 Å². The van der Waals surface area contributed by atoms with Crippen LogP contribution in [0.15, 0.2) is 71.6 Å². The second-order valence-electron chi connectivity index (χ2n) is 5.06. The van der Waals surface area contributed by atoms with Gasteiger partial charge in [-0.3, -0.25) is 0 Å². The molecule has 0 saturated carbocycles. The molecule has 0 fully saturated rings. The Morgan fingerprint density at radius 2 is 1.57 bits per heavy atom. The highest BCUT2D eigenvalue weighted by Crippen LogP contribution is 2.29. The lowest BCUT2D eigenvalue weighted by Gasteiger charge is -2.19. The first-order valence-electron chi connectivity index (χ1n) is 7.12. The Balaban J connectivity index is 2.09. The van der Waals surface area contributed by atoms with Crippen molar-refractivity contribution in [2.45, 2.75) is 10.9 Å². The summed E-state index contributed by atoms with van der Waals surface area (Å²) in [5.74, 6) is 0. The fourth-order valence-electron chi connectivity index (χ4n) is 2.80. The molecule has 3 aromatic carbocycles. The maximum atomic E-state index is 3.46. The van der Waals surface area contributed by atoms with Crippen LogP contribution in [0.3, 0.4) is 0 Å². The lowest BCUT2D eigenvalue weighted by Crippen LogP contribution is -2.17. The van der Waals surface area contributed by atoms with Gasteiger partial charge >= 0.3 is 0 Å². The van der Waals surface area contributed by atoms with E-state index >= 15 is 0 Å². The maximum Gasteiger partial charge on any atom is 0.0580 e. The SMILES string of the molecule is CNC(c1ccc(SC)cc1)c1cccc2ccccc12. The third kappa shape index (κ3) is 2.82. The van der Waals surface area contributed by atoms with E-state index in [0.717, 1.165) is 0 Å². The summed E-state index contributed by atoms with van der Waals surface area (Å²) in [4.78, 5) is 1.30. The lowest BCUT2D eigenvalue weighted by molar-refractivity contribution is 0.696. The molecule has 0 aliphatic carbocycles. The molecule has 0 aliphatic rings. The minimum Gasteiger partial charge on any atom is -0.309 e. The maximum absolute atomic E-state index is 3.46. The predicted octanol–water partition coefficient (Wildman–Crippen LogP) is 4.87. The quantitative estimate of drug-likeness (QED) is 0.689. The number of rotatable bonds is 4.